The lowest BCUT2D eigenvalue weighted by molar-refractivity contribution is -0.141. The molecule has 4 rings (SSSR count). The van der Waals surface area contributed by atoms with Gasteiger partial charge in [0.25, 0.3) is 5.91 Å². The Hall–Kier alpha value is -2.21. The highest BCUT2D eigenvalue weighted by molar-refractivity contribution is 7.13. The smallest absolute Gasteiger partial charge is 0.308 e. The van der Waals surface area contributed by atoms with E-state index in [1.807, 2.05) is 30.3 Å². The Morgan fingerprint density at radius 3 is 2.58 bits per heavy atom. The van der Waals surface area contributed by atoms with E-state index in [1.54, 1.807) is 11.1 Å². The molecule has 0 radical (unpaired) electrons. The molecule has 124 valence electrons. The van der Waals surface area contributed by atoms with Gasteiger partial charge in [0.1, 0.15) is 4.88 Å². The minimum Gasteiger partial charge on any atom is -0.481 e. The van der Waals surface area contributed by atoms with Crippen LogP contribution in [0, 0.1) is 5.92 Å². The van der Waals surface area contributed by atoms with Gasteiger partial charge in [-0.1, -0.05) is 30.3 Å². The molecule has 1 amide bonds. The number of hydrogen-bond acceptors (Lipinski definition) is 4. The second-order valence-corrected chi connectivity index (χ2v) is 7.57. The van der Waals surface area contributed by atoms with Crippen LogP contribution >= 0.6 is 11.3 Å². The molecule has 0 spiro atoms. The maximum absolute atomic E-state index is 12.8. The first kappa shape index (κ1) is 15.3. The summed E-state index contributed by atoms with van der Waals surface area (Å²) in [5, 5.41) is 10.6. The quantitative estimate of drug-likeness (QED) is 0.927. The van der Waals surface area contributed by atoms with Gasteiger partial charge in [-0.05, 0) is 18.4 Å². The first-order valence-corrected chi connectivity index (χ1v) is 8.98. The van der Waals surface area contributed by atoms with Gasteiger partial charge in [-0.2, -0.15) is 0 Å². The van der Waals surface area contributed by atoms with Crippen molar-refractivity contribution in [3.8, 4) is 0 Å². The summed E-state index contributed by atoms with van der Waals surface area (Å²) in [6.07, 6.45) is 3.95. The standard InChI is InChI=1S/C18H18N2O3S/c21-17(15-8-19-16(24-15)12-6-7-12)20-9-13(14(10-20)18(22)23)11-4-2-1-3-5-11/h1-5,8,12-14H,6-7,9-10H2,(H,22,23)/t13-,14+/m0/s1. The van der Waals surface area contributed by atoms with Crippen molar-refractivity contribution < 1.29 is 14.7 Å². The molecule has 5 nitrogen and oxygen atoms in total. The number of thiazole rings is 1. The van der Waals surface area contributed by atoms with E-state index >= 15 is 0 Å². The van der Waals surface area contributed by atoms with Crippen LogP contribution in [0.2, 0.25) is 0 Å². The lowest BCUT2D eigenvalue weighted by Crippen LogP contribution is -2.29. The highest BCUT2D eigenvalue weighted by Gasteiger charge is 2.41. The third-order valence-electron chi connectivity index (χ3n) is 4.81. The monoisotopic (exact) mass is 342 g/mol. The van der Waals surface area contributed by atoms with Gasteiger partial charge < -0.3 is 10.0 Å². The SMILES string of the molecule is O=C(O)[C@@H]1CN(C(=O)c2cnc(C3CC3)s2)C[C@H]1c1ccccc1. The number of hydrogen-bond donors (Lipinski definition) is 1. The van der Waals surface area contributed by atoms with E-state index in [1.165, 1.54) is 11.3 Å². The number of nitrogens with zero attached hydrogens (tertiary/aromatic N) is 2. The largest absolute Gasteiger partial charge is 0.481 e. The number of carboxylic acids is 1. The first-order valence-electron chi connectivity index (χ1n) is 8.16. The fourth-order valence-electron chi connectivity index (χ4n) is 3.32. The van der Waals surface area contributed by atoms with Crippen molar-refractivity contribution in [3.63, 3.8) is 0 Å². The number of carbonyl (C=O) groups excluding carboxylic acids is 1. The number of rotatable bonds is 4. The average Bonchev–Trinajstić information content (AvgIpc) is 3.16. The molecule has 2 aromatic rings. The van der Waals surface area contributed by atoms with Gasteiger partial charge in [-0.15, -0.1) is 11.3 Å². The molecule has 0 unspecified atom stereocenters. The van der Waals surface area contributed by atoms with Crippen LogP contribution in [-0.2, 0) is 4.79 Å². The summed E-state index contributed by atoms with van der Waals surface area (Å²) in [5.41, 5.74) is 0.975. The number of carboxylic acid groups (broad SMARTS) is 1. The third-order valence-corrected chi connectivity index (χ3v) is 5.96. The van der Waals surface area contributed by atoms with E-state index in [9.17, 15) is 14.7 Å². The molecule has 2 heterocycles. The van der Waals surface area contributed by atoms with Gasteiger partial charge in [-0.25, -0.2) is 4.98 Å². The van der Waals surface area contributed by atoms with Crippen molar-refractivity contribution in [3.05, 3.63) is 52.0 Å². The molecule has 6 heteroatoms. The molecule has 2 aliphatic rings. The number of amides is 1. The highest BCUT2D eigenvalue weighted by atomic mass is 32.1. The van der Waals surface area contributed by atoms with Gasteiger partial charge in [0.05, 0.1) is 17.1 Å². The van der Waals surface area contributed by atoms with Crippen molar-refractivity contribution in [1.82, 2.24) is 9.88 Å². The van der Waals surface area contributed by atoms with E-state index in [0.29, 0.717) is 17.3 Å². The Kier molecular flexibility index (Phi) is 3.84. The van der Waals surface area contributed by atoms with Crippen molar-refractivity contribution in [2.24, 2.45) is 5.92 Å². The number of aromatic nitrogens is 1. The number of benzene rings is 1. The van der Waals surface area contributed by atoms with Crippen LogP contribution in [0.25, 0.3) is 0 Å². The molecule has 2 fully saturated rings. The van der Waals surface area contributed by atoms with Crippen LogP contribution in [-0.4, -0.2) is 40.0 Å². The highest BCUT2D eigenvalue weighted by Crippen LogP contribution is 2.42. The number of carbonyl (C=O) groups is 2. The van der Waals surface area contributed by atoms with Crippen molar-refractivity contribution >= 4 is 23.2 Å². The average molecular weight is 342 g/mol. The van der Waals surface area contributed by atoms with E-state index in [-0.39, 0.29) is 18.4 Å². The Labute approximate surface area is 143 Å². The van der Waals surface area contributed by atoms with Crippen LogP contribution in [0.4, 0.5) is 0 Å². The first-order chi connectivity index (χ1) is 11.6. The molecule has 1 N–H and O–H groups in total. The van der Waals surface area contributed by atoms with Gasteiger partial charge in [0.15, 0.2) is 0 Å². The van der Waals surface area contributed by atoms with E-state index in [4.69, 9.17) is 0 Å². The molecule has 24 heavy (non-hydrogen) atoms. The van der Waals surface area contributed by atoms with Crippen LogP contribution in [0.5, 0.6) is 0 Å². The molecular formula is C18H18N2O3S. The van der Waals surface area contributed by atoms with Crippen LogP contribution in [0.1, 0.15) is 44.9 Å². The lowest BCUT2D eigenvalue weighted by Gasteiger charge is -2.15. The summed E-state index contributed by atoms with van der Waals surface area (Å²) in [5.74, 6) is -1.14. The van der Waals surface area contributed by atoms with Gasteiger partial charge in [-0.3, -0.25) is 9.59 Å². The molecule has 1 aromatic carbocycles. The predicted octanol–water partition coefficient (Wildman–Crippen LogP) is 2.96. The molecule has 2 atom stereocenters. The third kappa shape index (κ3) is 2.82. The number of aliphatic carboxylic acids is 1. The fourth-order valence-corrected chi connectivity index (χ4v) is 4.37. The molecule has 1 aromatic heterocycles. The summed E-state index contributed by atoms with van der Waals surface area (Å²) in [6.45, 7) is 0.695. The normalized spacial score (nSPS) is 23.4. The Morgan fingerprint density at radius 2 is 1.92 bits per heavy atom. The fraction of sp³-hybridized carbons (Fsp3) is 0.389. The van der Waals surface area contributed by atoms with Gasteiger partial charge in [0.2, 0.25) is 0 Å². The summed E-state index contributed by atoms with van der Waals surface area (Å²) >= 11 is 1.46. The van der Waals surface area contributed by atoms with Crippen LogP contribution < -0.4 is 0 Å². The predicted molar refractivity (Wildman–Crippen MR) is 90.3 cm³/mol. The topological polar surface area (TPSA) is 70.5 Å². The summed E-state index contributed by atoms with van der Waals surface area (Å²) in [4.78, 5) is 31.0. The number of likely N-dealkylation sites (tertiary alicyclic amines) is 1. The second-order valence-electron chi connectivity index (χ2n) is 6.51. The van der Waals surface area contributed by atoms with Crippen molar-refractivity contribution in [2.75, 3.05) is 13.1 Å². The van der Waals surface area contributed by atoms with Crippen molar-refractivity contribution in [1.29, 1.82) is 0 Å². The van der Waals surface area contributed by atoms with Gasteiger partial charge in [0, 0.05) is 24.9 Å². The zero-order valence-electron chi connectivity index (χ0n) is 13.1. The molecule has 1 aliphatic heterocycles. The molecule has 1 aliphatic carbocycles. The zero-order chi connectivity index (χ0) is 16.7. The minimum atomic E-state index is -0.845. The Balaban J connectivity index is 1.55. The van der Waals surface area contributed by atoms with Gasteiger partial charge >= 0.3 is 5.97 Å². The van der Waals surface area contributed by atoms with E-state index in [0.717, 1.165) is 23.4 Å². The van der Waals surface area contributed by atoms with Crippen LogP contribution in [0.3, 0.4) is 0 Å². The summed E-state index contributed by atoms with van der Waals surface area (Å²) < 4.78 is 0. The molecule has 1 saturated carbocycles. The Bertz CT molecular complexity index is 770. The molecular weight excluding hydrogens is 324 g/mol. The summed E-state index contributed by atoms with van der Waals surface area (Å²) in [7, 11) is 0. The Morgan fingerprint density at radius 1 is 1.17 bits per heavy atom. The maximum Gasteiger partial charge on any atom is 0.308 e. The van der Waals surface area contributed by atoms with Crippen molar-refractivity contribution in [2.45, 2.75) is 24.7 Å². The second kappa shape index (κ2) is 6.02. The van der Waals surface area contributed by atoms with Crippen LogP contribution in [0.15, 0.2) is 36.5 Å². The molecule has 0 bridgehead atoms. The zero-order valence-corrected chi connectivity index (χ0v) is 13.9. The van der Waals surface area contributed by atoms with E-state index < -0.39 is 11.9 Å². The van der Waals surface area contributed by atoms with E-state index in [2.05, 4.69) is 4.98 Å². The maximum atomic E-state index is 12.8. The minimum absolute atomic E-state index is 0.0934. The lowest BCUT2D eigenvalue weighted by atomic mass is 9.89. The summed E-state index contributed by atoms with van der Waals surface area (Å²) in [6, 6.07) is 9.60. The molecule has 1 saturated heterocycles.